The highest BCUT2D eigenvalue weighted by molar-refractivity contribution is 6.10. The second kappa shape index (κ2) is 8.14. The number of carbonyl (C=O) groups is 3. The van der Waals surface area contributed by atoms with Crippen molar-refractivity contribution in [1.29, 1.82) is 0 Å². The predicted octanol–water partition coefficient (Wildman–Crippen LogP) is 2.89. The van der Waals surface area contributed by atoms with Gasteiger partial charge in [0, 0.05) is 11.7 Å². The molecule has 1 fully saturated rings. The first kappa shape index (κ1) is 19.0. The first-order chi connectivity index (χ1) is 11.8. The quantitative estimate of drug-likeness (QED) is 0.634. The Labute approximate surface area is 148 Å². The minimum Gasteiger partial charge on any atom is -0.465 e. The maximum atomic E-state index is 12.6. The molecule has 6 nitrogen and oxygen atoms in total. The molecular formula is C19H26N2O4. The molecule has 2 rings (SSSR count). The highest BCUT2D eigenvalue weighted by Gasteiger charge is 2.37. The maximum absolute atomic E-state index is 12.6. The Morgan fingerprint density at radius 3 is 2.40 bits per heavy atom. The zero-order chi connectivity index (χ0) is 18.4. The average molecular weight is 346 g/mol. The normalized spacial score (nSPS) is 15.3. The first-order valence-corrected chi connectivity index (χ1v) is 8.65. The van der Waals surface area contributed by atoms with Crippen LogP contribution in [0.25, 0.3) is 0 Å². The summed E-state index contributed by atoms with van der Waals surface area (Å²) in [6.07, 6.45) is 5.35. The predicted molar refractivity (Wildman–Crippen MR) is 95.2 cm³/mol. The molecule has 0 heterocycles. The number of methoxy groups -OCH3 is 1. The van der Waals surface area contributed by atoms with Crippen LogP contribution in [0, 0.1) is 5.41 Å². The van der Waals surface area contributed by atoms with Crippen LogP contribution in [0.1, 0.15) is 56.3 Å². The third-order valence-corrected chi connectivity index (χ3v) is 4.62. The van der Waals surface area contributed by atoms with Gasteiger partial charge in [-0.2, -0.15) is 0 Å². The lowest BCUT2D eigenvalue weighted by Gasteiger charge is -2.28. The van der Waals surface area contributed by atoms with E-state index in [-0.39, 0.29) is 11.9 Å². The third kappa shape index (κ3) is 4.81. The van der Waals surface area contributed by atoms with Crippen molar-refractivity contribution in [2.45, 2.75) is 52.0 Å². The van der Waals surface area contributed by atoms with Crippen molar-refractivity contribution < 1.29 is 19.1 Å². The van der Waals surface area contributed by atoms with Crippen LogP contribution >= 0.6 is 0 Å². The SMILES string of the molecule is COC(=O)c1cccc(NC(=O)C(C)(C)C(=O)NC2CCCCC2)c1. The highest BCUT2D eigenvalue weighted by Crippen LogP contribution is 2.23. The van der Waals surface area contributed by atoms with Gasteiger partial charge in [-0.25, -0.2) is 4.79 Å². The molecule has 2 amide bonds. The van der Waals surface area contributed by atoms with E-state index in [9.17, 15) is 14.4 Å². The molecule has 136 valence electrons. The van der Waals surface area contributed by atoms with Crippen LogP contribution in [0.2, 0.25) is 0 Å². The number of hydrogen-bond acceptors (Lipinski definition) is 4. The number of rotatable bonds is 5. The van der Waals surface area contributed by atoms with Gasteiger partial charge >= 0.3 is 5.97 Å². The second-order valence-electron chi connectivity index (χ2n) is 6.96. The Kier molecular flexibility index (Phi) is 6.17. The summed E-state index contributed by atoms with van der Waals surface area (Å²) in [6, 6.07) is 6.59. The summed E-state index contributed by atoms with van der Waals surface area (Å²) in [5.41, 5.74) is -0.421. The fourth-order valence-electron chi connectivity index (χ4n) is 2.84. The Balaban J connectivity index is 2.02. The Bertz CT molecular complexity index is 649. The van der Waals surface area contributed by atoms with Crippen molar-refractivity contribution in [1.82, 2.24) is 5.32 Å². The lowest BCUT2D eigenvalue weighted by molar-refractivity contribution is -0.139. The molecular weight excluding hydrogens is 320 g/mol. The summed E-state index contributed by atoms with van der Waals surface area (Å²) in [6.45, 7) is 3.20. The van der Waals surface area contributed by atoms with E-state index in [2.05, 4.69) is 15.4 Å². The summed E-state index contributed by atoms with van der Waals surface area (Å²) >= 11 is 0. The smallest absolute Gasteiger partial charge is 0.337 e. The van der Waals surface area contributed by atoms with Crippen LogP contribution in [0.4, 0.5) is 5.69 Å². The summed E-state index contributed by atoms with van der Waals surface area (Å²) < 4.78 is 4.67. The molecule has 0 bridgehead atoms. The van der Waals surface area contributed by atoms with Crippen molar-refractivity contribution in [3.8, 4) is 0 Å². The summed E-state index contributed by atoms with van der Waals surface area (Å²) in [4.78, 5) is 36.7. The molecule has 1 aromatic carbocycles. The minimum absolute atomic E-state index is 0.149. The topological polar surface area (TPSA) is 84.5 Å². The van der Waals surface area contributed by atoms with Crippen molar-refractivity contribution in [2.75, 3.05) is 12.4 Å². The standard InChI is InChI=1S/C19H26N2O4/c1-19(2,17(23)20-14-9-5-4-6-10-14)18(24)21-15-11-7-8-13(12-15)16(22)25-3/h7-8,11-12,14H,4-6,9-10H2,1-3H3,(H,20,23)(H,21,24). The molecule has 0 saturated heterocycles. The fraction of sp³-hybridized carbons (Fsp3) is 0.526. The molecule has 0 spiro atoms. The Morgan fingerprint density at radius 2 is 1.76 bits per heavy atom. The average Bonchev–Trinajstić information content (AvgIpc) is 2.62. The fourth-order valence-corrected chi connectivity index (χ4v) is 2.84. The van der Waals surface area contributed by atoms with Gasteiger partial charge in [0.15, 0.2) is 0 Å². The van der Waals surface area contributed by atoms with Gasteiger partial charge in [-0.15, -0.1) is 0 Å². The van der Waals surface area contributed by atoms with Gasteiger partial charge in [0.2, 0.25) is 11.8 Å². The van der Waals surface area contributed by atoms with Crippen LogP contribution in [0.3, 0.4) is 0 Å². The van der Waals surface area contributed by atoms with E-state index in [0.717, 1.165) is 25.7 Å². The van der Waals surface area contributed by atoms with Crippen LogP contribution in [0.15, 0.2) is 24.3 Å². The van der Waals surface area contributed by atoms with Crippen molar-refractivity contribution in [3.05, 3.63) is 29.8 Å². The molecule has 0 unspecified atom stereocenters. The summed E-state index contributed by atoms with van der Waals surface area (Å²) in [5.74, 6) is -1.17. The zero-order valence-electron chi connectivity index (χ0n) is 15.1. The number of hydrogen-bond donors (Lipinski definition) is 2. The number of anilines is 1. The van der Waals surface area contributed by atoms with E-state index in [4.69, 9.17) is 0 Å². The number of amides is 2. The number of benzene rings is 1. The zero-order valence-corrected chi connectivity index (χ0v) is 15.1. The third-order valence-electron chi connectivity index (χ3n) is 4.62. The van der Waals surface area contributed by atoms with Gasteiger partial charge in [0.25, 0.3) is 0 Å². The van der Waals surface area contributed by atoms with E-state index < -0.39 is 17.3 Å². The molecule has 2 N–H and O–H groups in total. The van der Waals surface area contributed by atoms with Crippen molar-refractivity contribution >= 4 is 23.5 Å². The van der Waals surface area contributed by atoms with Gasteiger partial charge in [-0.3, -0.25) is 9.59 Å². The second-order valence-corrected chi connectivity index (χ2v) is 6.96. The first-order valence-electron chi connectivity index (χ1n) is 8.65. The van der Waals surface area contributed by atoms with E-state index in [0.29, 0.717) is 11.3 Å². The lowest BCUT2D eigenvalue weighted by Crippen LogP contribution is -2.49. The number of ether oxygens (including phenoxy) is 1. The molecule has 1 saturated carbocycles. The van der Waals surface area contributed by atoms with Crippen LogP contribution in [-0.4, -0.2) is 30.9 Å². The van der Waals surface area contributed by atoms with Gasteiger partial charge in [0.05, 0.1) is 12.7 Å². The largest absolute Gasteiger partial charge is 0.465 e. The summed E-state index contributed by atoms with van der Waals surface area (Å²) in [5, 5.41) is 5.70. The van der Waals surface area contributed by atoms with Gasteiger partial charge in [-0.1, -0.05) is 25.3 Å². The number of esters is 1. The van der Waals surface area contributed by atoms with E-state index in [1.54, 1.807) is 32.0 Å². The van der Waals surface area contributed by atoms with Gasteiger partial charge < -0.3 is 15.4 Å². The molecule has 0 aliphatic heterocycles. The van der Waals surface area contributed by atoms with Gasteiger partial charge in [-0.05, 0) is 44.9 Å². The molecule has 1 aliphatic rings. The highest BCUT2D eigenvalue weighted by atomic mass is 16.5. The molecule has 0 aromatic heterocycles. The lowest BCUT2D eigenvalue weighted by atomic mass is 9.88. The summed E-state index contributed by atoms with van der Waals surface area (Å²) in [7, 11) is 1.30. The molecule has 1 aromatic rings. The number of carbonyl (C=O) groups excluding carboxylic acids is 3. The Morgan fingerprint density at radius 1 is 1.08 bits per heavy atom. The molecule has 6 heteroatoms. The van der Waals surface area contributed by atoms with Crippen LogP contribution in [-0.2, 0) is 14.3 Å². The molecule has 1 aliphatic carbocycles. The molecule has 0 atom stereocenters. The monoisotopic (exact) mass is 346 g/mol. The molecule has 25 heavy (non-hydrogen) atoms. The van der Waals surface area contributed by atoms with E-state index in [1.165, 1.54) is 19.6 Å². The van der Waals surface area contributed by atoms with Crippen molar-refractivity contribution in [2.24, 2.45) is 5.41 Å². The van der Waals surface area contributed by atoms with E-state index in [1.807, 2.05) is 0 Å². The number of nitrogens with one attached hydrogen (secondary N) is 2. The van der Waals surface area contributed by atoms with E-state index >= 15 is 0 Å². The van der Waals surface area contributed by atoms with Crippen molar-refractivity contribution in [3.63, 3.8) is 0 Å². The van der Waals surface area contributed by atoms with Crippen LogP contribution < -0.4 is 10.6 Å². The van der Waals surface area contributed by atoms with Gasteiger partial charge in [0.1, 0.15) is 5.41 Å². The van der Waals surface area contributed by atoms with Crippen LogP contribution in [0.5, 0.6) is 0 Å². The molecule has 0 radical (unpaired) electrons. The Hall–Kier alpha value is -2.37. The maximum Gasteiger partial charge on any atom is 0.337 e. The minimum atomic E-state index is -1.21.